The maximum Gasteiger partial charge on any atom is 0.307 e. The van der Waals surface area contributed by atoms with Crippen molar-refractivity contribution in [3.8, 4) is 0 Å². The van der Waals surface area contributed by atoms with E-state index in [1.807, 2.05) is 34.1 Å². The third kappa shape index (κ3) is 9.23. The molecule has 1 aromatic carbocycles. The van der Waals surface area contributed by atoms with Crippen LogP contribution in [0, 0.1) is 0 Å². The van der Waals surface area contributed by atoms with Gasteiger partial charge in [0.2, 0.25) is 0 Å². The first-order chi connectivity index (χ1) is 15.4. The molecule has 0 spiro atoms. The lowest BCUT2D eigenvalue weighted by atomic mass is 10.1. The average Bonchev–Trinajstić information content (AvgIpc) is 2.83. The largest absolute Gasteiger partial charge is 0.469 e. The van der Waals surface area contributed by atoms with Crippen molar-refractivity contribution >= 4 is 35.3 Å². The molecule has 0 radical (unpaired) electrons. The van der Waals surface area contributed by atoms with Crippen LogP contribution in [0.1, 0.15) is 25.7 Å². The molecular formula is C22H32N2O8. The van der Waals surface area contributed by atoms with E-state index < -0.39 is 0 Å². The lowest BCUT2D eigenvalue weighted by Crippen LogP contribution is -2.34. The van der Waals surface area contributed by atoms with Crippen molar-refractivity contribution in [2.24, 2.45) is 0 Å². The molecule has 0 aliphatic rings. The Labute approximate surface area is 188 Å². The highest BCUT2D eigenvalue weighted by Crippen LogP contribution is 2.30. The van der Waals surface area contributed by atoms with Gasteiger partial charge in [0, 0.05) is 26.2 Å². The Morgan fingerprint density at radius 2 is 0.812 bits per heavy atom. The molecule has 0 amide bonds. The van der Waals surface area contributed by atoms with E-state index in [9.17, 15) is 19.2 Å². The summed E-state index contributed by atoms with van der Waals surface area (Å²) in [5, 5.41) is 0. The Morgan fingerprint density at radius 3 is 1.03 bits per heavy atom. The van der Waals surface area contributed by atoms with Gasteiger partial charge in [-0.1, -0.05) is 12.1 Å². The summed E-state index contributed by atoms with van der Waals surface area (Å²) in [5.74, 6) is -1.50. The molecule has 0 bridgehead atoms. The van der Waals surface area contributed by atoms with Crippen molar-refractivity contribution in [3.05, 3.63) is 24.3 Å². The fraction of sp³-hybridized carbons (Fsp3) is 0.545. The highest BCUT2D eigenvalue weighted by Gasteiger charge is 2.20. The monoisotopic (exact) mass is 452 g/mol. The lowest BCUT2D eigenvalue weighted by molar-refractivity contribution is -0.141. The SMILES string of the molecule is COC(=O)CCN(CCC(=O)OC)c1ccccc1N(CCC(=O)OC)CCC(=O)OC. The Kier molecular flexibility index (Phi) is 12.2. The highest BCUT2D eigenvalue weighted by molar-refractivity contribution is 5.77. The molecule has 0 aliphatic heterocycles. The van der Waals surface area contributed by atoms with Crippen LogP contribution in [-0.4, -0.2) is 78.5 Å². The normalized spacial score (nSPS) is 10.1. The van der Waals surface area contributed by atoms with Gasteiger partial charge in [-0.3, -0.25) is 19.2 Å². The summed E-state index contributed by atoms with van der Waals surface area (Å²) >= 11 is 0. The first-order valence-corrected chi connectivity index (χ1v) is 10.2. The number of nitrogens with zero attached hydrogens (tertiary/aromatic N) is 2. The molecule has 32 heavy (non-hydrogen) atoms. The molecular weight excluding hydrogens is 420 g/mol. The summed E-state index contributed by atoms with van der Waals surface area (Å²) in [5.41, 5.74) is 1.49. The summed E-state index contributed by atoms with van der Waals surface area (Å²) in [6, 6.07) is 7.38. The Hall–Kier alpha value is -3.30. The fourth-order valence-electron chi connectivity index (χ4n) is 3.02. The van der Waals surface area contributed by atoms with Crippen molar-refractivity contribution < 1.29 is 38.1 Å². The molecule has 10 heteroatoms. The van der Waals surface area contributed by atoms with E-state index in [1.165, 1.54) is 28.4 Å². The standard InChI is InChI=1S/C22H32N2O8/c1-29-19(25)9-13-23(14-10-20(26)30-2)17-7-5-6-8-18(17)24(15-11-21(27)31-3)16-12-22(28)32-4/h5-8H,9-16H2,1-4H3. The molecule has 0 saturated heterocycles. The van der Waals surface area contributed by atoms with Crippen LogP contribution < -0.4 is 9.80 Å². The van der Waals surface area contributed by atoms with Crippen LogP contribution in [0.15, 0.2) is 24.3 Å². The third-order valence-electron chi connectivity index (χ3n) is 4.82. The molecule has 0 aliphatic carbocycles. The van der Waals surface area contributed by atoms with E-state index >= 15 is 0 Å². The van der Waals surface area contributed by atoms with E-state index in [1.54, 1.807) is 0 Å². The van der Waals surface area contributed by atoms with Crippen molar-refractivity contribution in [1.29, 1.82) is 0 Å². The Morgan fingerprint density at radius 1 is 0.562 bits per heavy atom. The molecule has 0 N–H and O–H groups in total. The Bertz CT molecular complexity index is 665. The number of carbonyl (C=O) groups is 4. The van der Waals surface area contributed by atoms with Crippen molar-refractivity contribution in [1.82, 2.24) is 0 Å². The van der Waals surface area contributed by atoms with Gasteiger partial charge in [-0.2, -0.15) is 0 Å². The summed E-state index contributed by atoms with van der Waals surface area (Å²) < 4.78 is 19.0. The van der Waals surface area contributed by atoms with Gasteiger partial charge in [-0.25, -0.2) is 0 Å². The van der Waals surface area contributed by atoms with E-state index in [4.69, 9.17) is 18.9 Å². The van der Waals surface area contributed by atoms with Gasteiger partial charge in [0.25, 0.3) is 0 Å². The molecule has 0 aromatic heterocycles. The minimum atomic E-state index is -0.376. The zero-order valence-electron chi connectivity index (χ0n) is 19.1. The van der Waals surface area contributed by atoms with Gasteiger partial charge in [0.1, 0.15) is 0 Å². The quantitative estimate of drug-likeness (QED) is 0.304. The van der Waals surface area contributed by atoms with Gasteiger partial charge < -0.3 is 28.7 Å². The summed E-state index contributed by atoms with van der Waals surface area (Å²) in [4.78, 5) is 50.7. The van der Waals surface area contributed by atoms with Gasteiger partial charge in [0.05, 0.1) is 65.5 Å². The van der Waals surface area contributed by atoms with Crippen LogP contribution in [-0.2, 0) is 38.1 Å². The zero-order chi connectivity index (χ0) is 23.9. The van der Waals surface area contributed by atoms with Crippen LogP contribution in [0.5, 0.6) is 0 Å². The van der Waals surface area contributed by atoms with Gasteiger partial charge in [-0.15, -0.1) is 0 Å². The summed E-state index contributed by atoms with van der Waals surface area (Å²) in [6.45, 7) is 1.23. The first kappa shape index (κ1) is 26.7. The van der Waals surface area contributed by atoms with E-state index in [2.05, 4.69) is 0 Å². The van der Waals surface area contributed by atoms with E-state index in [-0.39, 0.29) is 49.6 Å². The predicted molar refractivity (Wildman–Crippen MR) is 117 cm³/mol. The Balaban J connectivity index is 3.22. The molecule has 10 nitrogen and oxygen atoms in total. The number of para-hydroxylation sites is 2. The van der Waals surface area contributed by atoms with Crippen LogP contribution in [0.25, 0.3) is 0 Å². The topological polar surface area (TPSA) is 112 Å². The second-order valence-electron chi connectivity index (χ2n) is 6.77. The van der Waals surface area contributed by atoms with Gasteiger partial charge >= 0.3 is 23.9 Å². The zero-order valence-corrected chi connectivity index (χ0v) is 19.1. The highest BCUT2D eigenvalue weighted by atomic mass is 16.5. The maximum absolute atomic E-state index is 11.7. The van der Waals surface area contributed by atoms with Crippen LogP contribution in [0.3, 0.4) is 0 Å². The van der Waals surface area contributed by atoms with Crippen LogP contribution in [0.2, 0.25) is 0 Å². The smallest absolute Gasteiger partial charge is 0.307 e. The van der Waals surface area contributed by atoms with Gasteiger partial charge in [0.15, 0.2) is 0 Å². The van der Waals surface area contributed by atoms with Crippen LogP contribution >= 0.6 is 0 Å². The number of esters is 4. The number of anilines is 2. The van der Waals surface area contributed by atoms with Gasteiger partial charge in [-0.05, 0) is 12.1 Å². The number of benzene rings is 1. The number of rotatable bonds is 14. The van der Waals surface area contributed by atoms with Crippen molar-refractivity contribution in [3.63, 3.8) is 0 Å². The maximum atomic E-state index is 11.7. The number of hydrogen-bond donors (Lipinski definition) is 0. The molecule has 1 rings (SSSR count). The molecule has 0 unspecified atom stereocenters. The lowest BCUT2D eigenvalue weighted by Gasteiger charge is -2.32. The molecule has 0 fully saturated rings. The number of methoxy groups -OCH3 is 4. The second-order valence-corrected chi connectivity index (χ2v) is 6.77. The molecule has 0 atom stereocenters. The third-order valence-corrected chi connectivity index (χ3v) is 4.82. The second kappa shape index (κ2) is 14.7. The van der Waals surface area contributed by atoms with Crippen LogP contribution in [0.4, 0.5) is 11.4 Å². The van der Waals surface area contributed by atoms with Crippen molar-refractivity contribution in [2.75, 3.05) is 64.4 Å². The molecule has 0 saturated carbocycles. The molecule has 178 valence electrons. The summed E-state index contributed by atoms with van der Waals surface area (Å²) in [7, 11) is 5.26. The molecule has 1 aromatic rings. The number of hydrogen-bond acceptors (Lipinski definition) is 10. The minimum absolute atomic E-state index is 0.121. The van der Waals surface area contributed by atoms with E-state index in [0.29, 0.717) is 26.2 Å². The molecule has 0 heterocycles. The minimum Gasteiger partial charge on any atom is -0.469 e. The number of carbonyl (C=O) groups excluding carboxylic acids is 4. The average molecular weight is 453 g/mol. The fourth-order valence-corrected chi connectivity index (χ4v) is 3.02. The van der Waals surface area contributed by atoms with Crippen molar-refractivity contribution in [2.45, 2.75) is 25.7 Å². The predicted octanol–water partition coefficient (Wildman–Crippen LogP) is 1.55. The number of ether oxygens (including phenoxy) is 4. The van der Waals surface area contributed by atoms with E-state index in [0.717, 1.165) is 11.4 Å². The first-order valence-electron chi connectivity index (χ1n) is 10.2. The summed E-state index contributed by atoms with van der Waals surface area (Å²) in [6.07, 6.45) is 0.485.